The summed E-state index contributed by atoms with van der Waals surface area (Å²) in [5.41, 5.74) is 9.94. The van der Waals surface area contributed by atoms with Gasteiger partial charge in [-0.05, 0) is 56.3 Å². The van der Waals surface area contributed by atoms with E-state index >= 15 is 0 Å². The summed E-state index contributed by atoms with van der Waals surface area (Å²) in [6, 6.07) is 5.77. The lowest BCUT2D eigenvalue weighted by Gasteiger charge is -2.25. The molecule has 3 aliphatic rings. The highest BCUT2D eigenvalue weighted by atomic mass is 16.4. The highest BCUT2D eigenvalue weighted by molar-refractivity contribution is 5.97. The van der Waals surface area contributed by atoms with Crippen LogP contribution in [-0.4, -0.2) is 82.8 Å². The number of hydrogen-bond acceptors (Lipinski definition) is 9. The van der Waals surface area contributed by atoms with E-state index < -0.39 is 42.2 Å². The fourth-order valence-corrected chi connectivity index (χ4v) is 5.97. The Kier molecular flexibility index (Phi) is 9.54. The van der Waals surface area contributed by atoms with Crippen molar-refractivity contribution in [1.29, 1.82) is 0 Å². The molecule has 3 aliphatic heterocycles. The van der Waals surface area contributed by atoms with Gasteiger partial charge in [0.2, 0.25) is 17.7 Å². The third-order valence-electron chi connectivity index (χ3n) is 8.30. The Balaban J connectivity index is 1.18. The summed E-state index contributed by atoms with van der Waals surface area (Å²) in [6.07, 6.45) is 5.25. The lowest BCUT2D eigenvalue weighted by molar-refractivity contribution is -0.141. The number of hydrazine groups is 2. The quantitative estimate of drug-likeness (QED) is 0.157. The van der Waals surface area contributed by atoms with Crippen LogP contribution in [0.5, 0.6) is 0 Å². The van der Waals surface area contributed by atoms with Gasteiger partial charge in [0.05, 0.1) is 12.5 Å². The molecule has 0 saturated carbocycles. The molecule has 3 amide bonds. The van der Waals surface area contributed by atoms with Gasteiger partial charge in [0.1, 0.15) is 6.04 Å². The largest absolute Gasteiger partial charge is 0.481 e. The minimum atomic E-state index is -1.32. The number of amidine groups is 1. The molecule has 2 saturated heterocycles. The number of benzene rings is 1. The SMILES string of the molecule is O=C(O)CC(NC(=O)CC1CCN(CCC2CCNCC2)C1=O)C(=O)NC(Cc1c[nH]c2ccccc12)C1=NNNN1. The first-order valence-electron chi connectivity index (χ1n) is 14.6. The first-order chi connectivity index (χ1) is 20.4. The van der Waals surface area contributed by atoms with Crippen LogP contribution in [0.15, 0.2) is 35.6 Å². The van der Waals surface area contributed by atoms with E-state index in [-0.39, 0.29) is 12.3 Å². The number of aromatic amines is 1. The van der Waals surface area contributed by atoms with Gasteiger partial charge in [0, 0.05) is 48.9 Å². The highest BCUT2D eigenvalue weighted by Gasteiger charge is 2.35. The number of carbonyl (C=O) groups is 4. The number of carbonyl (C=O) groups excluding carboxylic acids is 3. The van der Waals surface area contributed by atoms with Gasteiger partial charge in [-0.15, -0.1) is 10.6 Å². The molecule has 3 atom stereocenters. The number of aliphatic carboxylic acids is 1. The topological polar surface area (TPSA) is 192 Å². The van der Waals surface area contributed by atoms with Crippen molar-refractivity contribution in [3.63, 3.8) is 0 Å². The van der Waals surface area contributed by atoms with E-state index in [1.165, 1.54) is 0 Å². The summed E-state index contributed by atoms with van der Waals surface area (Å²) in [4.78, 5) is 56.0. The smallest absolute Gasteiger partial charge is 0.305 e. The first-order valence-corrected chi connectivity index (χ1v) is 14.6. The number of carboxylic acid groups (broad SMARTS) is 1. The normalized spacial score (nSPS) is 20.5. The monoisotopic (exact) mass is 581 g/mol. The number of para-hydroxylation sites is 1. The van der Waals surface area contributed by atoms with E-state index in [1.54, 1.807) is 0 Å². The average molecular weight is 582 g/mol. The molecule has 0 bridgehead atoms. The Hall–Kier alpha value is -4.17. The molecule has 5 rings (SSSR count). The Morgan fingerprint density at radius 3 is 2.69 bits per heavy atom. The van der Waals surface area contributed by atoms with Crippen LogP contribution >= 0.6 is 0 Å². The second kappa shape index (κ2) is 13.7. The van der Waals surface area contributed by atoms with E-state index in [1.807, 2.05) is 35.4 Å². The fourth-order valence-electron chi connectivity index (χ4n) is 5.97. The third kappa shape index (κ3) is 7.36. The molecule has 14 nitrogen and oxygen atoms in total. The molecule has 14 heteroatoms. The van der Waals surface area contributed by atoms with Crippen molar-refractivity contribution < 1.29 is 24.3 Å². The molecular weight excluding hydrogens is 542 g/mol. The molecule has 8 N–H and O–H groups in total. The zero-order chi connectivity index (χ0) is 29.5. The van der Waals surface area contributed by atoms with Crippen LogP contribution in [0.4, 0.5) is 0 Å². The molecule has 3 unspecified atom stereocenters. The molecule has 42 heavy (non-hydrogen) atoms. The minimum Gasteiger partial charge on any atom is -0.481 e. The van der Waals surface area contributed by atoms with Crippen molar-refractivity contribution >= 4 is 40.4 Å². The van der Waals surface area contributed by atoms with Gasteiger partial charge >= 0.3 is 5.97 Å². The maximum atomic E-state index is 13.4. The first kappa shape index (κ1) is 29.3. The molecule has 1 aromatic heterocycles. The number of carboxylic acids is 1. The fraction of sp³-hybridized carbons (Fsp3) is 0.536. The van der Waals surface area contributed by atoms with Crippen LogP contribution in [0.3, 0.4) is 0 Å². The maximum absolute atomic E-state index is 13.4. The van der Waals surface area contributed by atoms with Crippen molar-refractivity contribution in [3.8, 4) is 0 Å². The van der Waals surface area contributed by atoms with E-state index in [4.69, 9.17) is 0 Å². The number of nitrogens with one attached hydrogen (secondary N) is 7. The van der Waals surface area contributed by atoms with E-state index in [9.17, 15) is 24.3 Å². The summed E-state index contributed by atoms with van der Waals surface area (Å²) in [6.45, 7) is 3.31. The van der Waals surface area contributed by atoms with Crippen LogP contribution in [0.1, 0.15) is 44.1 Å². The van der Waals surface area contributed by atoms with Crippen LogP contribution < -0.4 is 32.4 Å². The van der Waals surface area contributed by atoms with Gasteiger partial charge in [-0.2, -0.15) is 0 Å². The van der Waals surface area contributed by atoms with E-state index in [0.29, 0.717) is 37.7 Å². The summed E-state index contributed by atoms with van der Waals surface area (Å²) in [5.74, 6) is -1.94. The Bertz CT molecular complexity index is 1320. The van der Waals surface area contributed by atoms with Crippen LogP contribution in [0.25, 0.3) is 10.9 Å². The average Bonchev–Trinajstić information content (AvgIpc) is 3.73. The zero-order valence-electron chi connectivity index (χ0n) is 23.4. The lowest BCUT2D eigenvalue weighted by atomic mass is 9.94. The number of fused-ring (bicyclic) bond motifs is 1. The molecule has 0 spiro atoms. The van der Waals surface area contributed by atoms with Crippen molar-refractivity contribution in [2.24, 2.45) is 16.9 Å². The van der Waals surface area contributed by atoms with Gasteiger partial charge in [-0.3, -0.25) is 24.6 Å². The van der Waals surface area contributed by atoms with Gasteiger partial charge in [0.15, 0.2) is 5.84 Å². The number of likely N-dealkylation sites (tertiary alicyclic amines) is 1. The van der Waals surface area contributed by atoms with Gasteiger partial charge in [-0.25, -0.2) is 5.53 Å². The number of hydrogen-bond donors (Lipinski definition) is 8. The maximum Gasteiger partial charge on any atom is 0.305 e. The van der Waals surface area contributed by atoms with Gasteiger partial charge in [0.25, 0.3) is 0 Å². The summed E-state index contributed by atoms with van der Waals surface area (Å²) in [5, 5.41) is 23.4. The molecule has 2 fully saturated rings. The predicted octanol–water partition coefficient (Wildman–Crippen LogP) is -0.291. The Morgan fingerprint density at radius 2 is 1.93 bits per heavy atom. The van der Waals surface area contributed by atoms with E-state index in [2.05, 4.69) is 42.5 Å². The lowest BCUT2D eigenvalue weighted by Crippen LogP contribution is -2.55. The van der Waals surface area contributed by atoms with Crippen molar-refractivity contribution in [1.82, 2.24) is 42.3 Å². The minimum absolute atomic E-state index is 0.0533. The molecule has 0 aliphatic carbocycles. The number of rotatable bonds is 13. The zero-order valence-corrected chi connectivity index (χ0v) is 23.4. The van der Waals surface area contributed by atoms with Crippen LogP contribution in [0, 0.1) is 11.8 Å². The second-order valence-corrected chi connectivity index (χ2v) is 11.2. The number of amides is 3. The molecule has 0 radical (unpaired) electrons. The number of H-pyrrole nitrogens is 1. The van der Waals surface area contributed by atoms with Gasteiger partial charge in [-0.1, -0.05) is 18.2 Å². The number of aromatic nitrogens is 1. The Morgan fingerprint density at radius 1 is 1.12 bits per heavy atom. The molecule has 2 aromatic rings. The molecule has 1 aromatic carbocycles. The van der Waals surface area contributed by atoms with Gasteiger partial charge < -0.3 is 30.9 Å². The summed E-state index contributed by atoms with van der Waals surface area (Å²) in [7, 11) is 0. The molecule has 226 valence electrons. The molecule has 4 heterocycles. The predicted molar refractivity (Wildman–Crippen MR) is 154 cm³/mol. The van der Waals surface area contributed by atoms with Crippen molar-refractivity contribution in [2.45, 2.75) is 57.0 Å². The second-order valence-electron chi connectivity index (χ2n) is 11.2. The Labute approximate surface area is 243 Å². The van der Waals surface area contributed by atoms with Crippen LogP contribution in [0.2, 0.25) is 0 Å². The summed E-state index contributed by atoms with van der Waals surface area (Å²) >= 11 is 0. The number of nitrogens with zero attached hydrogens (tertiary/aromatic N) is 2. The molecular formula is C28H39N9O5. The van der Waals surface area contributed by atoms with E-state index in [0.717, 1.165) is 48.8 Å². The third-order valence-corrected chi connectivity index (χ3v) is 8.30. The van der Waals surface area contributed by atoms with Crippen molar-refractivity contribution in [2.75, 3.05) is 26.2 Å². The number of hydrazone groups is 1. The summed E-state index contributed by atoms with van der Waals surface area (Å²) < 4.78 is 0. The van der Waals surface area contributed by atoms with Crippen molar-refractivity contribution in [3.05, 3.63) is 36.0 Å². The highest BCUT2D eigenvalue weighted by Crippen LogP contribution is 2.24. The standard InChI is InChI=1S/C28H39N9O5/c38-24(14-18-8-12-37(28(18)42)11-7-17-5-9-29-10-6-17)31-23(15-25(39)40)27(41)32-22(26-33-35-36-34-26)13-19-16-30-21-4-2-1-3-20(19)21/h1-4,16-18,22-23,29-30,35-36H,5-15H2,(H,31,38)(H,32,41)(H,33,34)(H,39,40). The number of piperidine rings is 1. The van der Waals surface area contributed by atoms with Crippen LogP contribution in [-0.2, 0) is 25.6 Å².